The summed E-state index contributed by atoms with van der Waals surface area (Å²) in [7, 11) is 1.63. The lowest BCUT2D eigenvalue weighted by molar-refractivity contribution is 0.174. The van der Waals surface area contributed by atoms with E-state index in [4.69, 9.17) is 18.9 Å². The zero-order valence-corrected chi connectivity index (χ0v) is 20.7. The molecule has 2 aromatic rings. The number of halogens is 3. The smallest absolute Gasteiger partial charge is 0.231 e. The third-order valence-electron chi connectivity index (χ3n) is 4.36. The second kappa shape index (κ2) is 13.9. The number of hydrogen-bond donors (Lipinski definition) is 3. The molecule has 0 bridgehead atoms. The molecule has 174 valence electrons. The van der Waals surface area contributed by atoms with E-state index in [1.165, 1.54) is 0 Å². The number of nitrogens with one attached hydrogen (secondary N) is 2. The zero-order chi connectivity index (χ0) is 20.6. The van der Waals surface area contributed by atoms with E-state index in [-0.39, 0.29) is 37.7 Å². The van der Waals surface area contributed by atoms with E-state index in [2.05, 4.69) is 26.6 Å². The number of hydrogen-bond acceptors (Lipinski definition) is 7. The summed E-state index contributed by atoms with van der Waals surface area (Å²) in [4.78, 5) is 0. The summed E-state index contributed by atoms with van der Waals surface area (Å²) in [5.41, 5.74) is 2.07. The fraction of sp³-hybridized carbons (Fsp3) is 0.429. The summed E-state index contributed by atoms with van der Waals surface area (Å²) in [6.45, 7) is 5.29. The van der Waals surface area contributed by atoms with E-state index in [0.29, 0.717) is 31.2 Å². The van der Waals surface area contributed by atoms with Crippen molar-refractivity contribution in [3.05, 3.63) is 45.9 Å². The maximum Gasteiger partial charge on any atom is 0.231 e. The highest BCUT2D eigenvalue weighted by Crippen LogP contribution is 2.38. The van der Waals surface area contributed by atoms with E-state index in [1.54, 1.807) is 14.0 Å². The highest BCUT2D eigenvalue weighted by Gasteiger charge is 2.15. The number of fused-ring (bicyclic) bond motifs is 1. The minimum atomic E-state index is -0.333. The van der Waals surface area contributed by atoms with Crippen molar-refractivity contribution >= 4 is 40.7 Å². The van der Waals surface area contributed by atoms with Gasteiger partial charge in [0.1, 0.15) is 6.61 Å². The van der Waals surface area contributed by atoms with Gasteiger partial charge in [-0.25, -0.2) is 0 Å². The molecule has 10 heteroatoms. The molecule has 1 unspecified atom stereocenters. The van der Waals surface area contributed by atoms with Gasteiger partial charge in [0.25, 0.3) is 0 Å². The number of ether oxygens (including phenoxy) is 4. The van der Waals surface area contributed by atoms with Gasteiger partial charge in [-0.2, -0.15) is 0 Å². The molecule has 0 fully saturated rings. The van der Waals surface area contributed by atoms with E-state index in [1.807, 2.05) is 30.3 Å². The van der Waals surface area contributed by atoms with E-state index in [9.17, 15) is 5.11 Å². The maximum absolute atomic E-state index is 9.23. The minimum Gasteiger partial charge on any atom is -0.493 e. The van der Waals surface area contributed by atoms with Gasteiger partial charge in [0.05, 0.1) is 17.7 Å². The van der Waals surface area contributed by atoms with Crippen molar-refractivity contribution in [3.63, 3.8) is 0 Å². The molecule has 31 heavy (non-hydrogen) atoms. The van der Waals surface area contributed by atoms with Crippen LogP contribution in [0.2, 0.25) is 0 Å². The molecule has 0 radical (unpaired) electrons. The molecule has 0 saturated carbocycles. The lowest BCUT2D eigenvalue weighted by atomic mass is 10.2. The fourth-order valence-electron chi connectivity index (χ4n) is 2.92. The van der Waals surface area contributed by atoms with Gasteiger partial charge < -0.3 is 34.7 Å². The van der Waals surface area contributed by atoms with Gasteiger partial charge in [-0.3, -0.25) is 0 Å². The molecule has 0 spiro atoms. The number of rotatable bonds is 11. The van der Waals surface area contributed by atoms with Crippen LogP contribution >= 0.6 is 40.7 Å². The van der Waals surface area contributed by atoms with Crippen LogP contribution in [0.15, 0.2) is 34.8 Å². The predicted molar refractivity (Wildman–Crippen MR) is 128 cm³/mol. The number of aliphatic hydroxyl groups excluding tert-OH is 1. The quantitative estimate of drug-likeness (QED) is 0.376. The Hall–Kier alpha value is -1.42. The number of benzene rings is 2. The molecule has 0 aliphatic carbocycles. The predicted octanol–water partition coefficient (Wildman–Crippen LogP) is 3.67. The van der Waals surface area contributed by atoms with E-state index < -0.39 is 0 Å². The second-order valence-electron chi connectivity index (χ2n) is 6.82. The third-order valence-corrected chi connectivity index (χ3v) is 4.95. The Morgan fingerprint density at radius 1 is 1.06 bits per heavy atom. The standard InChI is InChI=1S/C21H27BrN2O5.2ClH/c1-14(25)10-23-5-6-24-11-16-7-17(22)21(20(9-16)26-2)27-12-15-3-4-18-19(8-15)29-13-28-18;;/h3-4,7-9,14,23-25H,5-6,10-13H2,1-2H3;2*1H. The molecule has 3 N–H and O–H groups in total. The second-order valence-corrected chi connectivity index (χ2v) is 7.67. The molecular formula is C21H29BrCl2N2O5. The fourth-order valence-corrected chi connectivity index (χ4v) is 3.53. The Balaban J connectivity index is 0.00000240. The molecule has 2 aromatic carbocycles. The Morgan fingerprint density at radius 3 is 2.55 bits per heavy atom. The van der Waals surface area contributed by atoms with Crippen molar-refractivity contribution in [3.8, 4) is 23.0 Å². The molecular weight excluding hydrogens is 511 g/mol. The summed E-state index contributed by atoms with van der Waals surface area (Å²) in [6, 6.07) is 9.76. The van der Waals surface area contributed by atoms with Crippen molar-refractivity contribution in [2.24, 2.45) is 0 Å². The van der Waals surface area contributed by atoms with Gasteiger partial charge in [0.2, 0.25) is 6.79 Å². The Labute approximate surface area is 203 Å². The first-order valence-electron chi connectivity index (χ1n) is 9.54. The van der Waals surface area contributed by atoms with Crippen molar-refractivity contribution in [1.82, 2.24) is 10.6 Å². The number of aliphatic hydroxyl groups is 1. The topological polar surface area (TPSA) is 81.2 Å². The van der Waals surface area contributed by atoms with Gasteiger partial charge in [-0.05, 0) is 58.2 Å². The van der Waals surface area contributed by atoms with Gasteiger partial charge in [-0.1, -0.05) is 6.07 Å². The highest BCUT2D eigenvalue weighted by atomic mass is 79.9. The van der Waals surface area contributed by atoms with E-state index >= 15 is 0 Å². The summed E-state index contributed by atoms with van der Waals surface area (Å²) in [5, 5.41) is 15.8. The first-order valence-corrected chi connectivity index (χ1v) is 10.3. The normalized spacial score (nSPS) is 12.5. The third kappa shape index (κ3) is 8.21. The zero-order valence-electron chi connectivity index (χ0n) is 17.5. The van der Waals surface area contributed by atoms with Crippen LogP contribution in [0.1, 0.15) is 18.1 Å². The average molecular weight is 540 g/mol. The minimum absolute atomic E-state index is 0. The van der Waals surface area contributed by atoms with Crippen molar-refractivity contribution in [1.29, 1.82) is 0 Å². The van der Waals surface area contributed by atoms with Gasteiger partial charge in [0.15, 0.2) is 23.0 Å². The van der Waals surface area contributed by atoms with Crippen LogP contribution in [0.25, 0.3) is 0 Å². The van der Waals surface area contributed by atoms with Crippen LogP contribution in [0.5, 0.6) is 23.0 Å². The first-order chi connectivity index (χ1) is 14.1. The molecule has 0 amide bonds. The molecule has 1 atom stereocenters. The highest BCUT2D eigenvalue weighted by molar-refractivity contribution is 9.10. The van der Waals surface area contributed by atoms with E-state index in [0.717, 1.165) is 40.2 Å². The van der Waals surface area contributed by atoms with Crippen molar-refractivity contribution < 1.29 is 24.1 Å². The van der Waals surface area contributed by atoms with Gasteiger partial charge in [-0.15, -0.1) is 24.8 Å². The molecule has 0 saturated heterocycles. The summed E-state index contributed by atoms with van der Waals surface area (Å²) in [5.74, 6) is 2.82. The van der Waals surface area contributed by atoms with Crippen LogP contribution in [0, 0.1) is 0 Å². The Bertz CT molecular complexity index is 827. The van der Waals surface area contributed by atoms with Gasteiger partial charge >= 0.3 is 0 Å². The monoisotopic (exact) mass is 538 g/mol. The van der Waals surface area contributed by atoms with Crippen LogP contribution < -0.4 is 29.6 Å². The SMILES string of the molecule is COc1cc(CNCCNCC(C)O)cc(Br)c1OCc1ccc2c(c1)OCO2.Cl.Cl. The van der Waals surface area contributed by atoms with Crippen molar-refractivity contribution in [2.75, 3.05) is 33.5 Å². The van der Waals surface area contributed by atoms with Crippen LogP contribution in [0.3, 0.4) is 0 Å². The molecule has 0 aromatic heterocycles. The first kappa shape index (κ1) is 27.6. The summed E-state index contributed by atoms with van der Waals surface area (Å²) < 4.78 is 23.1. The molecule has 7 nitrogen and oxygen atoms in total. The molecule has 3 rings (SSSR count). The van der Waals surface area contributed by atoms with Crippen LogP contribution in [0.4, 0.5) is 0 Å². The maximum atomic E-state index is 9.23. The van der Waals surface area contributed by atoms with Crippen LogP contribution in [-0.4, -0.2) is 44.7 Å². The van der Waals surface area contributed by atoms with Crippen LogP contribution in [-0.2, 0) is 13.2 Å². The largest absolute Gasteiger partial charge is 0.493 e. The van der Waals surface area contributed by atoms with Gasteiger partial charge in [0, 0.05) is 26.2 Å². The molecule has 1 aliphatic heterocycles. The lowest BCUT2D eigenvalue weighted by Crippen LogP contribution is -2.31. The number of methoxy groups -OCH3 is 1. The van der Waals surface area contributed by atoms with Crippen molar-refractivity contribution in [2.45, 2.75) is 26.2 Å². The summed E-state index contributed by atoms with van der Waals surface area (Å²) >= 11 is 3.59. The Kier molecular flexibility index (Phi) is 12.4. The molecule has 1 aliphatic rings. The Morgan fingerprint density at radius 2 is 1.81 bits per heavy atom. The molecule has 1 heterocycles. The average Bonchev–Trinajstić information content (AvgIpc) is 3.17. The lowest BCUT2D eigenvalue weighted by Gasteiger charge is -2.15. The summed E-state index contributed by atoms with van der Waals surface area (Å²) in [6.07, 6.45) is -0.333.